The SMILES string of the molecule is N#C/C(=N\Nc1ccccc1)c1csc(-c2c(N)nn(-c3ccccc3)c2N)n1. The maximum absolute atomic E-state index is 9.48. The minimum absolute atomic E-state index is 0.156. The van der Waals surface area contributed by atoms with Crippen molar-refractivity contribution in [1.29, 1.82) is 5.26 Å². The summed E-state index contributed by atoms with van der Waals surface area (Å²) in [5.41, 5.74) is 18.0. The first-order valence-corrected chi connectivity index (χ1v) is 9.50. The van der Waals surface area contributed by atoms with E-state index in [1.165, 1.54) is 11.3 Å². The van der Waals surface area contributed by atoms with Crippen LogP contribution in [0, 0.1) is 11.3 Å². The van der Waals surface area contributed by atoms with E-state index in [1.54, 1.807) is 10.1 Å². The standard InChI is InChI=1S/C20H16N8S/c21-11-15(26-25-13-7-3-1-4-8-13)16-12-29-20(24-16)17-18(22)27-28(19(17)23)14-9-5-2-6-10-14/h1-10,12,25H,23H2,(H2,22,27)/b26-15+. The van der Waals surface area contributed by atoms with Crippen molar-refractivity contribution in [2.24, 2.45) is 5.10 Å². The zero-order valence-corrected chi connectivity index (χ0v) is 16.0. The maximum atomic E-state index is 9.48. The Hall–Kier alpha value is -4.16. The summed E-state index contributed by atoms with van der Waals surface area (Å²) in [6.07, 6.45) is 0. The molecule has 0 saturated carbocycles. The number of nitrogen functional groups attached to an aromatic ring is 2. The summed E-state index contributed by atoms with van der Waals surface area (Å²) in [5, 5.41) is 20.3. The van der Waals surface area contributed by atoms with Crippen LogP contribution in [0.15, 0.2) is 71.1 Å². The molecule has 0 aliphatic heterocycles. The molecule has 4 aromatic rings. The van der Waals surface area contributed by atoms with Crippen LogP contribution in [-0.2, 0) is 0 Å². The van der Waals surface area contributed by atoms with Crippen molar-refractivity contribution in [2.75, 3.05) is 16.9 Å². The molecule has 0 bridgehead atoms. The number of benzene rings is 2. The highest BCUT2D eigenvalue weighted by Gasteiger charge is 2.20. The van der Waals surface area contributed by atoms with Crippen molar-refractivity contribution in [3.63, 3.8) is 0 Å². The number of nitrogens with one attached hydrogen (secondary N) is 1. The molecular weight excluding hydrogens is 384 g/mol. The van der Waals surface area contributed by atoms with Gasteiger partial charge in [-0.05, 0) is 24.3 Å². The van der Waals surface area contributed by atoms with Crippen LogP contribution in [-0.4, -0.2) is 20.5 Å². The first-order chi connectivity index (χ1) is 14.2. The molecule has 0 aliphatic rings. The lowest BCUT2D eigenvalue weighted by Gasteiger charge is -2.03. The van der Waals surface area contributed by atoms with Gasteiger partial charge in [-0.2, -0.15) is 10.4 Å². The number of nitriles is 1. The number of aromatic nitrogens is 3. The van der Waals surface area contributed by atoms with E-state index >= 15 is 0 Å². The third-order valence-corrected chi connectivity index (χ3v) is 4.95. The van der Waals surface area contributed by atoms with E-state index in [4.69, 9.17) is 11.5 Å². The lowest BCUT2D eigenvalue weighted by molar-refractivity contribution is 0.897. The molecule has 0 atom stereocenters. The summed E-state index contributed by atoms with van der Waals surface area (Å²) in [6, 6.07) is 20.9. The molecule has 0 saturated heterocycles. The van der Waals surface area contributed by atoms with E-state index in [0.29, 0.717) is 22.1 Å². The second-order valence-corrected chi connectivity index (χ2v) is 6.84. The average molecular weight is 400 g/mol. The first kappa shape index (κ1) is 18.2. The van der Waals surface area contributed by atoms with Crippen LogP contribution in [0.25, 0.3) is 16.3 Å². The fraction of sp³-hybridized carbons (Fsp3) is 0. The second kappa shape index (κ2) is 7.84. The largest absolute Gasteiger partial charge is 0.383 e. The smallest absolute Gasteiger partial charge is 0.187 e. The van der Waals surface area contributed by atoms with E-state index in [1.807, 2.05) is 60.7 Å². The molecule has 4 rings (SSSR count). The van der Waals surface area contributed by atoms with Gasteiger partial charge in [0.1, 0.15) is 22.6 Å². The van der Waals surface area contributed by atoms with Crippen molar-refractivity contribution in [1.82, 2.24) is 14.8 Å². The van der Waals surface area contributed by atoms with E-state index in [2.05, 4.69) is 26.7 Å². The highest BCUT2D eigenvalue weighted by atomic mass is 32.1. The van der Waals surface area contributed by atoms with Gasteiger partial charge in [-0.15, -0.1) is 16.4 Å². The molecule has 0 amide bonds. The van der Waals surface area contributed by atoms with Gasteiger partial charge in [-0.1, -0.05) is 36.4 Å². The van der Waals surface area contributed by atoms with E-state index in [-0.39, 0.29) is 11.5 Å². The lowest BCUT2D eigenvalue weighted by Crippen LogP contribution is -2.03. The van der Waals surface area contributed by atoms with Gasteiger partial charge in [0.15, 0.2) is 11.5 Å². The van der Waals surface area contributed by atoms with Gasteiger partial charge >= 0.3 is 0 Å². The number of nitrogens with two attached hydrogens (primary N) is 2. The first-order valence-electron chi connectivity index (χ1n) is 8.62. The summed E-state index contributed by atoms with van der Waals surface area (Å²) >= 11 is 1.32. The minimum atomic E-state index is 0.156. The fourth-order valence-corrected chi connectivity index (χ4v) is 3.57. The summed E-state index contributed by atoms with van der Waals surface area (Å²) in [6.45, 7) is 0. The van der Waals surface area contributed by atoms with Crippen LogP contribution in [0.2, 0.25) is 0 Å². The molecule has 0 spiro atoms. The summed E-state index contributed by atoms with van der Waals surface area (Å²) in [4.78, 5) is 4.50. The molecule has 2 aromatic heterocycles. The zero-order chi connectivity index (χ0) is 20.2. The average Bonchev–Trinajstić information content (AvgIpc) is 3.34. The molecule has 8 nitrogen and oxygen atoms in total. The quantitative estimate of drug-likeness (QED) is 0.347. The Balaban J connectivity index is 1.66. The number of para-hydroxylation sites is 2. The number of anilines is 3. The van der Waals surface area contributed by atoms with Crippen molar-refractivity contribution in [3.8, 4) is 22.3 Å². The lowest BCUT2D eigenvalue weighted by atomic mass is 10.3. The van der Waals surface area contributed by atoms with E-state index in [9.17, 15) is 5.26 Å². The van der Waals surface area contributed by atoms with Gasteiger partial charge in [-0.25, -0.2) is 9.67 Å². The Morgan fingerprint density at radius 2 is 1.76 bits per heavy atom. The Morgan fingerprint density at radius 1 is 1.07 bits per heavy atom. The Labute approximate surface area is 170 Å². The van der Waals surface area contributed by atoms with Gasteiger partial charge < -0.3 is 11.5 Å². The monoisotopic (exact) mass is 400 g/mol. The summed E-state index contributed by atoms with van der Waals surface area (Å²) in [7, 11) is 0. The molecule has 29 heavy (non-hydrogen) atoms. The topological polar surface area (TPSA) is 131 Å². The summed E-state index contributed by atoms with van der Waals surface area (Å²) < 4.78 is 1.57. The van der Waals surface area contributed by atoms with Gasteiger partial charge in [-0.3, -0.25) is 5.43 Å². The van der Waals surface area contributed by atoms with Gasteiger partial charge in [0.25, 0.3) is 0 Å². The van der Waals surface area contributed by atoms with Crippen molar-refractivity contribution < 1.29 is 0 Å². The van der Waals surface area contributed by atoms with Gasteiger partial charge in [0.05, 0.1) is 16.9 Å². The van der Waals surface area contributed by atoms with Crippen LogP contribution >= 0.6 is 11.3 Å². The molecular formula is C20H16N8S. The highest BCUT2D eigenvalue weighted by Crippen LogP contribution is 2.35. The third-order valence-electron chi connectivity index (χ3n) is 4.09. The maximum Gasteiger partial charge on any atom is 0.187 e. The molecule has 5 N–H and O–H groups in total. The van der Waals surface area contributed by atoms with E-state index < -0.39 is 0 Å². The summed E-state index contributed by atoms with van der Waals surface area (Å²) in [5.74, 6) is 0.651. The predicted molar refractivity (Wildman–Crippen MR) is 116 cm³/mol. The minimum Gasteiger partial charge on any atom is -0.383 e. The van der Waals surface area contributed by atoms with Gasteiger partial charge in [0, 0.05) is 5.38 Å². The van der Waals surface area contributed by atoms with E-state index in [0.717, 1.165) is 11.4 Å². The molecule has 142 valence electrons. The number of hydrogen-bond donors (Lipinski definition) is 3. The van der Waals surface area contributed by atoms with Crippen LogP contribution in [0.4, 0.5) is 17.3 Å². The van der Waals surface area contributed by atoms with Crippen molar-refractivity contribution in [2.45, 2.75) is 0 Å². The van der Waals surface area contributed by atoms with Crippen LogP contribution in [0.3, 0.4) is 0 Å². The molecule has 9 heteroatoms. The molecule has 2 aromatic carbocycles. The number of rotatable bonds is 5. The number of thiazole rings is 1. The normalized spacial score (nSPS) is 11.2. The van der Waals surface area contributed by atoms with Gasteiger partial charge in [0.2, 0.25) is 0 Å². The predicted octanol–water partition coefficient (Wildman–Crippen LogP) is 3.50. The van der Waals surface area contributed by atoms with Crippen LogP contribution in [0.5, 0.6) is 0 Å². The Morgan fingerprint density at radius 3 is 2.45 bits per heavy atom. The number of hydrogen-bond acceptors (Lipinski definition) is 8. The molecule has 2 heterocycles. The molecule has 0 aliphatic carbocycles. The fourth-order valence-electron chi connectivity index (χ4n) is 2.70. The molecule has 0 unspecified atom stereocenters. The zero-order valence-electron chi connectivity index (χ0n) is 15.1. The third kappa shape index (κ3) is 3.65. The molecule has 0 radical (unpaired) electrons. The second-order valence-electron chi connectivity index (χ2n) is 5.98. The van der Waals surface area contributed by atoms with Crippen LogP contribution in [0.1, 0.15) is 5.69 Å². The van der Waals surface area contributed by atoms with Crippen LogP contribution < -0.4 is 16.9 Å². The van der Waals surface area contributed by atoms with Crippen molar-refractivity contribution in [3.05, 3.63) is 71.7 Å². The Kier molecular flexibility index (Phi) is 4.92. The van der Waals surface area contributed by atoms with Crippen molar-refractivity contribution >= 4 is 34.4 Å². The number of nitrogens with zero attached hydrogens (tertiary/aromatic N) is 5. The molecule has 0 fully saturated rings. The Bertz CT molecular complexity index is 1200. The number of hydrazone groups is 1. The highest BCUT2D eigenvalue weighted by molar-refractivity contribution is 7.13.